The van der Waals surface area contributed by atoms with Crippen LogP contribution in [0.25, 0.3) is 0 Å². The van der Waals surface area contributed by atoms with E-state index < -0.39 is 0 Å². The third-order valence-corrected chi connectivity index (χ3v) is 3.82. The van der Waals surface area contributed by atoms with Crippen molar-refractivity contribution in [2.45, 2.75) is 33.1 Å². The van der Waals surface area contributed by atoms with Crippen molar-refractivity contribution in [3.05, 3.63) is 28.2 Å². The van der Waals surface area contributed by atoms with E-state index in [2.05, 4.69) is 47.2 Å². The Morgan fingerprint density at radius 3 is 2.45 bits per heavy atom. The maximum Gasteiger partial charge on any atom is 0.122 e. The van der Waals surface area contributed by atoms with Gasteiger partial charge >= 0.3 is 0 Å². The fourth-order valence-corrected chi connectivity index (χ4v) is 2.39. The van der Waals surface area contributed by atoms with Crippen molar-refractivity contribution in [1.82, 2.24) is 5.32 Å². The molecular formula is C16H23BrN2O. The summed E-state index contributed by atoms with van der Waals surface area (Å²) in [5.41, 5.74) is 0.717. The van der Waals surface area contributed by atoms with Crippen LogP contribution in [0.15, 0.2) is 22.7 Å². The molecule has 1 aromatic carbocycles. The summed E-state index contributed by atoms with van der Waals surface area (Å²) in [6.07, 6.45) is 0. The standard InChI is InChI=1S/C16H23BrN2O/c1-15(2,9-18)10-19-11-16(3,4)13-8-12(17)6-7-14(13)20-5/h6-8,19H,10-11H2,1-5H3. The highest BCUT2D eigenvalue weighted by atomic mass is 79.9. The van der Waals surface area contributed by atoms with Crippen molar-refractivity contribution in [3.63, 3.8) is 0 Å². The summed E-state index contributed by atoms with van der Waals surface area (Å²) < 4.78 is 6.49. The van der Waals surface area contributed by atoms with Gasteiger partial charge in [0.25, 0.3) is 0 Å². The minimum Gasteiger partial charge on any atom is -0.496 e. The SMILES string of the molecule is COc1ccc(Br)cc1C(C)(C)CNCC(C)(C)C#N. The molecule has 1 aromatic rings. The minimum atomic E-state index is -0.350. The molecule has 0 aliphatic carbocycles. The molecule has 0 aliphatic rings. The maximum atomic E-state index is 9.04. The fourth-order valence-electron chi connectivity index (χ4n) is 2.03. The van der Waals surface area contributed by atoms with E-state index in [0.29, 0.717) is 6.54 Å². The Morgan fingerprint density at radius 1 is 1.25 bits per heavy atom. The van der Waals surface area contributed by atoms with Gasteiger partial charge in [0, 0.05) is 28.5 Å². The van der Waals surface area contributed by atoms with Gasteiger partial charge in [-0.2, -0.15) is 5.26 Å². The lowest BCUT2D eigenvalue weighted by Gasteiger charge is -2.29. The highest BCUT2D eigenvalue weighted by Crippen LogP contribution is 2.33. The van der Waals surface area contributed by atoms with Gasteiger partial charge in [0.1, 0.15) is 5.75 Å². The topological polar surface area (TPSA) is 45.0 Å². The van der Waals surface area contributed by atoms with Gasteiger partial charge in [-0.3, -0.25) is 0 Å². The van der Waals surface area contributed by atoms with Crippen LogP contribution in [-0.4, -0.2) is 20.2 Å². The van der Waals surface area contributed by atoms with Crippen LogP contribution in [0, 0.1) is 16.7 Å². The molecule has 20 heavy (non-hydrogen) atoms. The van der Waals surface area contributed by atoms with Gasteiger partial charge in [-0.05, 0) is 32.0 Å². The highest BCUT2D eigenvalue weighted by Gasteiger charge is 2.26. The highest BCUT2D eigenvalue weighted by molar-refractivity contribution is 9.10. The summed E-state index contributed by atoms with van der Waals surface area (Å²) >= 11 is 3.51. The molecule has 1 rings (SSSR count). The Kier molecular flexibility index (Phi) is 5.61. The lowest BCUT2D eigenvalue weighted by Crippen LogP contribution is -2.38. The van der Waals surface area contributed by atoms with Crippen molar-refractivity contribution in [2.75, 3.05) is 20.2 Å². The van der Waals surface area contributed by atoms with Crippen LogP contribution >= 0.6 is 15.9 Å². The molecule has 0 atom stereocenters. The average Bonchev–Trinajstić information content (AvgIpc) is 2.38. The number of ether oxygens (including phenoxy) is 1. The van der Waals surface area contributed by atoms with Crippen LogP contribution < -0.4 is 10.1 Å². The van der Waals surface area contributed by atoms with E-state index in [1.54, 1.807) is 7.11 Å². The first-order valence-corrected chi connectivity index (χ1v) is 7.47. The second kappa shape index (κ2) is 6.60. The molecule has 0 bridgehead atoms. The molecule has 3 nitrogen and oxygen atoms in total. The second-order valence-electron chi connectivity index (χ2n) is 6.33. The molecule has 110 valence electrons. The molecule has 0 aliphatic heterocycles. The van der Waals surface area contributed by atoms with Crippen LogP contribution in [-0.2, 0) is 5.41 Å². The van der Waals surface area contributed by atoms with Gasteiger partial charge < -0.3 is 10.1 Å². The molecule has 0 unspecified atom stereocenters. The van der Waals surface area contributed by atoms with Gasteiger partial charge in [-0.1, -0.05) is 29.8 Å². The van der Waals surface area contributed by atoms with Crippen LogP contribution in [0.5, 0.6) is 5.75 Å². The number of nitrogens with one attached hydrogen (secondary N) is 1. The summed E-state index contributed by atoms with van der Waals surface area (Å²) in [6.45, 7) is 9.67. The predicted molar refractivity (Wildman–Crippen MR) is 86.0 cm³/mol. The second-order valence-corrected chi connectivity index (χ2v) is 7.24. The molecule has 0 fully saturated rings. The van der Waals surface area contributed by atoms with E-state index in [1.165, 1.54) is 0 Å². The minimum absolute atomic E-state index is 0.0827. The van der Waals surface area contributed by atoms with Crippen molar-refractivity contribution in [3.8, 4) is 11.8 Å². The number of methoxy groups -OCH3 is 1. The van der Waals surface area contributed by atoms with Gasteiger partial charge in [-0.15, -0.1) is 0 Å². The summed E-state index contributed by atoms with van der Waals surface area (Å²) in [7, 11) is 1.69. The monoisotopic (exact) mass is 338 g/mol. The zero-order valence-electron chi connectivity index (χ0n) is 12.9. The van der Waals surface area contributed by atoms with E-state index >= 15 is 0 Å². The van der Waals surface area contributed by atoms with Crippen molar-refractivity contribution < 1.29 is 4.74 Å². The molecule has 1 N–H and O–H groups in total. The summed E-state index contributed by atoms with van der Waals surface area (Å²) in [6, 6.07) is 8.35. The Balaban J connectivity index is 2.84. The Labute approximate surface area is 130 Å². The third kappa shape index (κ3) is 4.50. The molecule has 4 heteroatoms. The number of nitrogens with zero attached hydrogens (tertiary/aromatic N) is 1. The quantitative estimate of drug-likeness (QED) is 0.856. The number of rotatable bonds is 6. The van der Waals surface area contributed by atoms with E-state index in [4.69, 9.17) is 10.00 Å². The average molecular weight is 339 g/mol. The summed E-state index contributed by atoms with van der Waals surface area (Å²) in [4.78, 5) is 0. The molecule has 0 aromatic heterocycles. The number of hydrogen-bond donors (Lipinski definition) is 1. The number of nitriles is 1. The van der Waals surface area contributed by atoms with Crippen LogP contribution in [0.4, 0.5) is 0 Å². The van der Waals surface area contributed by atoms with E-state index in [0.717, 1.165) is 22.3 Å². The van der Waals surface area contributed by atoms with Gasteiger partial charge in [0.05, 0.1) is 18.6 Å². The zero-order chi connectivity index (χ0) is 15.4. The van der Waals surface area contributed by atoms with E-state index in [9.17, 15) is 0 Å². The van der Waals surface area contributed by atoms with Gasteiger partial charge in [-0.25, -0.2) is 0 Å². The Hall–Kier alpha value is -1.05. The smallest absolute Gasteiger partial charge is 0.122 e. The summed E-state index contributed by atoms with van der Waals surface area (Å²) in [5, 5.41) is 12.4. The molecule has 0 heterocycles. The third-order valence-electron chi connectivity index (χ3n) is 3.33. The molecular weight excluding hydrogens is 316 g/mol. The molecule has 0 saturated carbocycles. The number of hydrogen-bond acceptors (Lipinski definition) is 3. The largest absolute Gasteiger partial charge is 0.496 e. The van der Waals surface area contributed by atoms with Crippen LogP contribution in [0.1, 0.15) is 33.3 Å². The molecule has 0 saturated heterocycles. The van der Waals surface area contributed by atoms with E-state index in [-0.39, 0.29) is 10.8 Å². The first-order chi connectivity index (χ1) is 9.22. The lowest BCUT2D eigenvalue weighted by atomic mass is 9.83. The normalized spacial score (nSPS) is 12.1. The molecule has 0 amide bonds. The number of benzene rings is 1. The zero-order valence-corrected chi connectivity index (χ0v) is 14.5. The predicted octanol–water partition coefficient (Wildman–Crippen LogP) is 3.87. The first kappa shape index (κ1) is 17.0. The van der Waals surface area contributed by atoms with Gasteiger partial charge in [0.2, 0.25) is 0 Å². The van der Waals surface area contributed by atoms with Crippen LogP contribution in [0.2, 0.25) is 0 Å². The molecule has 0 spiro atoms. The summed E-state index contributed by atoms with van der Waals surface area (Å²) in [5.74, 6) is 0.888. The Bertz CT molecular complexity index is 504. The van der Waals surface area contributed by atoms with Crippen LogP contribution in [0.3, 0.4) is 0 Å². The van der Waals surface area contributed by atoms with Gasteiger partial charge in [0.15, 0.2) is 0 Å². The van der Waals surface area contributed by atoms with Crippen molar-refractivity contribution in [1.29, 1.82) is 5.26 Å². The maximum absolute atomic E-state index is 9.04. The molecule has 0 radical (unpaired) electrons. The number of halogens is 1. The lowest BCUT2D eigenvalue weighted by molar-refractivity contribution is 0.370. The fraction of sp³-hybridized carbons (Fsp3) is 0.562. The van der Waals surface area contributed by atoms with E-state index in [1.807, 2.05) is 26.0 Å². The Morgan fingerprint density at radius 2 is 1.90 bits per heavy atom. The first-order valence-electron chi connectivity index (χ1n) is 6.68. The van der Waals surface area contributed by atoms with Crippen molar-refractivity contribution in [2.24, 2.45) is 5.41 Å². The van der Waals surface area contributed by atoms with Crippen molar-refractivity contribution >= 4 is 15.9 Å².